The lowest BCUT2D eigenvalue weighted by molar-refractivity contribution is 0.491. The highest BCUT2D eigenvalue weighted by Gasteiger charge is 2.17. The van der Waals surface area contributed by atoms with Gasteiger partial charge in [0.15, 0.2) is 5.16 Å². The zero-order chi connectivity index (χ0) is 14.2. The second-order valence-corrected chi connectivity index (χ2v) is 5.61. The maximum absolute atomic E-state index is 11.4. The topological polar surface area (TPSA) is 89.6 Å². The Morgan fingerprint density at radius 3 is 2.68 bits per heavy atom. The number of rotatable bonds is 3. The van der Waals surface area contributed by atoms with Gasteiger partial charge in [0.1, 0.15) is 5.03 Å². The maximum Gasteiger partial charge on any atom is 0.251 e. The highest BCUT2D eigenvalue weighted by Crippen LogP contribution is 2.33. The molecular weight excluding hydrogens is 262 g/mol. The average molecular weight is 279 g/mol. The molecule has 6 nitrogen and oxygen atoms in total. The highest BCUT2D eigenvalue weighted by molar-refractivity contribution is 7.99. The number of aromatic amines is 1. The van der Waals surface area contributed by atoms with Gasteiger partial charge >= 0.3 is 0 Å². The molecule has 2 rings (SSSR count). The number of aryl methyl sites for hydroxylation is 2. The summed E-state index contributed by atoms with van der Waals surface area (Å²) in [7, 11) is 0. The van der Waals surface area contributed by atoms with Crippen molar-refractivity contribution in [2.75, 3.05) is 5.73 Å². The number of anilines is 1. The van der Waals surface area contributed by atoms with Crippen molar-refractivity contribution < 1.29 is 0 Å². The molecule has 2 heterocycles. The van der Waals surface area contributed by atoms with E-state index in [1.807, 2.05) is 25.5 Å². The van der Waals surface area contributed by atoms with Crippen LogP contribution in [0.3, 0.4) is 0 Å². The number of nitrogens with zero attached hydrogens (tertiary/aromatic N) is 3. The van der Waals surface area contributed by atoms with E-state index in [1.54, 1.807) is 6.92 Å². The van der Waals surface area contributed by atoms with Gasteiger partial charge in [0.25, 0.3) is 5.56 Å². The van der Waals surface area contributed by atoms with E-state index in [0.29, 0.717) is 16.5 Å². The molecule has 0 aliphatic rings. The number of nitrogens with two attached hydrogens (primary N) is 1. The van der Waals surface area contributed by atoms with Crippen LogP contribution in [0.1, 0.15) is 31.3 Å². The predicted octanol–water partition coefficient (Wildman–Crippen LogP) is 1.90. The fraction of sp³-hybridized carbons (Fsp3) is 0.417. The van der Waals surface area contributed by atoms with Crippen molar-refractivity contribution in [2.45, 2.75) is 43.9 Å². The first-order valence-electron chi connectivity index (χ1n) is 5.99. The molecule has 3 N–H and O–H groups in total. The van der Waals surface area contributed by atoms with Crippen molar-refractivity contribution in [1.29, 1.82) is 0 Å². The van der Waals surface area contributed by atoms with E-state index in [2.05, 4.69) is 15.1 Å². The molecule has 0 aliphatic carbocycles. The maximum atomic E-state index is 11.4. The van der Waals surface area contributed by atoms with Gasteiger partial charge in [-0.25, -0.2) is 4.98 Å². The van der Waals surface area contributed by atoms with E-state index < -0.39 is 0 Å². The van der Waals surface area contributed by atoms with Gasteiger partial charge in [-0.1, -0.05) is 0 Å². The molecule has 0 saturated heterocycles. The molecule has 2 aromatic rings. The van der Waals surface area contributed by atoms with Crippen molar-refractivity contribution in [3.05, 3.63) is 27.8 Å². The lowest BCUT2D eigenvalue weighted by atomic mass is 10.4. The first kappa shape index (κ1) is 13.7. The summed E-state index contributed by atoms with van der Waals surface area (Å²) in [4.78, 5) is 18.4. The monoisotopic (exact) mass is 279 g/mol. The summed E-state index contributed by atoms with van der Waals surface area (Å²) >= 11 is 1.33. The number of nitrogens with one attached hydrogen (secondary N) is 1. The van der Waals surface area contributed by atoms with Crippen molar-refractivity contribution in [2.24, 2.45) is 0 Å². The fourth-order valence-electron chi connectivity index (χ4n) is 1.68. The normalized spacial score (nSPS) is 11.2. The van der Waals surface area contributed by atoms with Gasteiger partial charge in [0.05, 0.1) is 11.4 Å². The zero-order valence-corrected chi connectivity index (χ0v) is 12.2. The summed E-state index contributed by atoms with van der Waals surface area (Å²) in [6.07, 6.45) is 0. The average Bonchev–Trinajstić information content (AvgIpc) is 2.56. The van der Waals surface area contributed by atoms with E-state index in [-0.39, 0.29) is 11.6 Å². The molecule has 0 aliphatic heterocycles. The first-order chi connectivity index (χ1) is 8.88. The SMILES string of the molecule is Cc1cc(=O)[nH]c(Sc2c(N)c(C)nn2C(C)C)n1. The Balaban J connectivity index is 2.45. The van der Waals surface area contributed by atoms with Crippen LogP contribution >= 0.6 is 11.8 Å². The molecule has 0 unspecified atom stereocenters. The van der Waals surface area contributed by atoms with Gasteiger partial charge in [0, 0.05) is 17.8 Å². The van der Waals surface area contributed by atoms with E-state index in [1.165, 1.54) is 17.8 Å². The third kappa shape index (κ3) is 2.81. The third-order valence-electron chi connectivity index (χ3n) is 2.62. The van der Waals surface area contributed by atoms with Crippen LogP contribution in [0.5, 0.6) is 0 Å². The molecule has 0 aromatic carbocycles. The standard InChI is InChI=1S/C12H17N5OS/c1-6(2)17-11(10(13)8(4)16-17)19-12-14-7(3)5-9(18)15-12/h5-6H,13H2,1-4H3,(H,14,15,18). The number of aromatic nitrogens is 4. The summed E-state index contributed by atoms with van der Waals surface area (Å²) in [6, 6.07) is 1.65. The smallest absolute Gasteiger partial charge is 0.251 e. The van der Waals surface area contributed by atoms with Crippen LogP contribution < -0.4 is 11.3 Å². The van der Waals surface area contributed by atoms with Gasteiger partial charge in [-0.3, -0.25) is 9.48 Å². The van der Waals surface area contributed by atoms with Gasteiger partial charge in [-0.15, -0.1) is 0 Å². The summed E-state index contributed by atoms with van der Waals surface area (Å²) in [6.45, 7) is 7.71. The molecule has 0 amide bonds. The molecule has 0 radical (unpaired) electrons. The Bertz CT molecular complexity index is 659. The summed E-state index contributed by atoms with van der Waals surface area (Å²) in [5, 5.41) is 5.73. The van der Waals surface area contributed by atoms with Gasteiger partial charge in [-0.05, 0) is 39.5 Å². The van der Waals surface area contributed by atoms with E-state index in [0.717, 1.165) is 10.7 Å². The first-order valence-corrected chi connectivity index (χ1v) is 6.80. The number of hydrogen-bond donors (Lipinski definition) is 2. The van der Waals surface area contributed by atoms with Crippen LogP contribution in [0.25, 0.3) is 0 Å². The number of nitrogen functional groups attached to an aromatic ring is 1. The molecule has 0 bridgehead atoms. The second kappa shape index (κ2) is 5.08. The quantitative estimate of drug-likeness (QED) is 0.837. The van der Waals surface area contributed by atoms with Crippen molar-refractivity contribution in [1.82, 2.24) is 19.7 Å². The van der Waals surface area contributed by atoms with Crippen molar-refractivity contribution in [3.8, 4) is 0 Å². The van der Waals surface area contributed by atoms with Gasteiger partial charge in [-0.2, -0.15) is 5.10 Å². The molecule has 7 heteroatoms. The van der Waals surface area contributed by atoms with Crippen LogP contribution in [0.15, 0.2) is 21.0 Å². The number of H-pyrrole nitrogens is 1. The van der Waals surface area contributed by atoms with E-state index in [9.17, 15) is 4.79 Å². The van der Waals surface area contributed by atoms with Crippen LogP contribution in [-0.2, 0) is 0 Å². The summed E-state index contributed by atoms with van der Waals surface area (Å²) in [5.41, 5.74) is 7.96. The zero-order valence-electron chi connectivity index (χ0n) is 11.4. The Hall–Kier alpha value is -1.76. The Morgan fingerprint density at radius 1 is 1.42 bits per heavy atom. The molecule has 0 fully saturated rings. The van der Waals surface area contributed by atoms with Crippen LogP contribution in [0.2, 0.25) is 0 Å². The van der Waals surface area contributed by atoms with Crippen molar-refractivity contribution in [3.63, 3.8) is 0 Å². The fourth-order valence-corrected chi connectivity index (χ4v) is 2.81. The van der Waals surface area contributed by atoms with E-state index in [4.69, 9.17) is 5.73 Å². The molecule has 0 saturated carbocycles. The van der Waals surface area contributed by atoms with Crippen LogP contribution in [0.4, 0.5) is 5.69 Å². The third-order valence-corrected chi connectivity index (χ3v) is 3.60. The van der Waals surface area contributed by atoms with Crippen molar-refractivity contribution >= 4 is 17.4 Å². The lowest BCUT2D eigenvalue weighted by Gasteiger charge is -2.10. The van der Waals surface area contributed by atoms with Crippen LogP contribution in [-0.4, -0.2) is 19.7 Å². The Morgan fingerprint density at radius 2 is 2.11 bits per heavy atom. The second-order valence-electron chi connectivity index (χ2n) is 4.64. The van der Waals surface area contributed by atoms with Crippen LogP contribution in [0, 0.1) is 13.8 Å². The number of hydrogen-bond acceptors (Lipinski definition) is 5. The Kier molecular flexibility index (Phi) is 3.66. The molecule has 19 heavy (non-hydrogen) atoms. The summed E-state index contributed by atoms with van der Waals surface area (Å²) < 4.78 is 1.84. The van der Waals surface area contributed by atoms with E-state index >= 15 is 0 Å². The highest BCUT2D eigenvalue weighted by atomic mass is 32.2. The van der Waals surface area contributed by atoms with Gasteiger partial charge in [0.2, 0.25) is 0 Å². The minimum absolute atomic E-state index is 0.166. The molecular formula is C12H17N5OS. The minimum atomic E-state index is -0.166. The molecule has 102 valence electrons. The largest absolute Gasteiger partial charge is 0.395 e. The lowest BCUT2D eigenvalue weighted by Crippen LogP contribution is -2.09. The molecule has 2 aromatic heterocycles. The predicted molar refractivity (Wildman–Crippen MR) is 75.5 cm³/mol. The Labute approximate surface area is 115 Å². The molecule has 0 spiro atoms. The summed E-state index contributed by atoms with van der Waals surface area (Å²) in [5.74, 6) is 0. The van der Waals surface area contributed by atoms with Gasteiger partial charge < -0.3 is 10.7 Å². The molecule has 0 atom stereocenters. The minimum Gasteiger partial charge on any atom is -0.395 e.